The van der Waals surface area contributed by atoms with Crippen LogP contribution in [0.25, 0.3) is 20.5 Å². The van der Waals surface area contributed by atoms with E-state index >= 15 is 0 Å². The monoisotopic (exact) mass is 687 g/mol. The van der Waals surface area contributed by atoms with Gasteiger partial charge in [0, 0.05) is 60.8 Å². The maximum Gasteiger partial charge on any atom is 0.384 e. The zero-order valence-corrected chi connectivity index (χ0v) is 28.6. The van der Waals surface area contributed by atoms with Crippen molar-refractivity contribution in [3.05, 3.63) is 77.9 Å². The first kappa shape index (κ1) is 33.8. The average Bonchev–Trinajstić information content (AvgIpc) is 3.40. The number of ether oxygens (including phenoxy) is 1. The second-order valence-electron chi connectivity index (χ2n) is 11.2. The quantitative estimate of drug-likeness (QED) is 0.178. The molecule has 5 rings (SSSR count). The van der Waals surface area contributed by atoms with Gasteiger partial charge in [-0.05, 0) is 98.2 Å². The lowest BCUT2D eigenvalue weighted by atomic mass is 9.97. The van der Waals surface area contributed by atoms with Gasteiger partial charge >= 0.3 is 20.6 Å². The van der Waals surface area contributed by atoms with Crippen molar-refractivity contribution in [3.63, 3.8) is 0 Å². The third-order valence-electron chi connectivity index (χ3n) is 7.54. The van der Waals surface area contributed by atoms with Crippen molar-refractivity contribution in [2.24, 2.45) is 0 Å². The fraction of sp³-hybridized carbons (Fsp3) is 0.344. The van der Waals surface area contributed by atoms with Crippen LogP contribution in [0.5, 0.6) is 17.2 Å². The van der Waals surface area contributed by atoms with Gasteiger partial charge in [-0.15, -0.1) is 11.3 Å². The van der Waals surface area contributed by atoms with E-state index in [0.717, 1.165) is 28.2 Å². The lowest BCUT2D eigenvalue weighted by molar-refractivity contribution is 0.104. The molecule has 0 N–H and O–H groups in total. The highest BCUT2D eigenvalue weighted by Crippen LogP contribution is 2.42. The van der Waals surface area contributed by atoms with E-state index < -0.39 is 20.6 Å². The fourth-order valence-corrected chi connectivity index (χ4v) is 7.17. The molecular weight excluding hydrogens is 651 g/mol. The molecule has 0 radical (unpaired) electrons. The molecule has 0 aliphatic carbocycles. The molecule has 0 spiro atoms. The Bertz CT molecular complexity index is 1900. The van der Waals surface area contributed by atoms with Crippen molar-refractivity contribution in [2.75, 3.05) is 54.4 Å². The van der Waals surface area contributed by atoms with Crippen LogP contribution in [0.1, 0.15) is 35.2 Å². The molecule has 0 saturated carbocycles. The first-order chi connectivity index (χ1) is 21.8. The predicted molar refractivity (Wildman–Crippen MR) is 179 cm³/mol. The number of thiophene rings is 1. The van der Waals surface area contributed by atoms with E-state index in [4.69, 9.17) is 13.1 Å². The number of nitrogens with zero attached hydrogens (tertiary/aromatic N) is 3. The third kappa shape index (κ3) is 7.88. The van der Waals surface area contributed by atoms with E-state index in [1.54, 1.807) is 48.5 Å². The van der Waals surface area contributed by atoms with Crippen LogP contribution in [0.15, 0.2) is 66.7 Å². The van der Waals surface area contributed by atoms with E-state index in [0.29, 0.717) is 44.0 Å². The van der Waals surface area contributed by atoms with E-state index in [-0.39, 0.29) is 17.3 Å². The van der Waals surface area contributed by atoms with E-state index in [9.17, 15) is 21.6 Å². The van der Waals surface area contributed by atoms with Crippen LogP contribution in [0, 0.1) is 0 Å². The topological polar surface area (TPSA) is 123 Å². The number of carbonyl (C=O) groups excluding carboxylic acids is 1. The largest absolute Gasteiger partial charge is 0.492 e. The van der Waals surface area contributed by atoms with Crippen molar-refractivity contribution in [1.29, 1.82) is 0 Å². The molecule has 11 nitrogen and oxygen atoms in total. The minimum atomic E-state index is -3.99. The highest BCUT2D eigenvalue weighted by atomic mass is 32.2. The van der Waals surface area contributed by atoms with Gasteiger partial charge in [-0.2, -0.15) is 25.4 Å². The Balaban J connectivity index is 1.45. The summed E-state index contributed by atoms with van der Waals surface area (Å²) in [7, 11) is -2.45. The number of piperidine rings is 1. The summed E-state index contributed by atoms with van der Waals surface area (Å²) in [5, 5.41) is 0.622. The Kier molecular flexibility index (Phi) is 10.3. The molecule has 246 valence electrons. The van der Waals surface area contributed by atoms with Crippen molar-refractivity contribution < 1.29 is 34.7 Å². The maximum absolute atomic E-state index is 14.1. The minimum absolute atomic E-state index is 0.108. The second kappa shape index (κ2) is 14.1. The molecule has 1 aliphatic heterocycles. The van der Waals surface area contributed by atoms with Crippen LogP contribution in [0.2, 0.25) is 0 Å². The molecule has 4 aromatic rings. The summed E-state index contributed by atoms with van der Waals surface area (Å²) >= 11 is 1.29. The number of likely N-dealkylation sites (tertiary alicyclic amines) is 1. The molecule has 1 fully saturated rings. The van der Waals surface area contributed by atoms with Crippen LogP contribution >= 0.6 is 11.3 Å². The molecule has 1 aromatic heterocycles. The van der Waals surface area contributed by atoms with E-state index in [1.807, 2.05) is 0 Å². The lowest BCUT2D eigenvalue weighted by Gasteiger charge is -2.26. The molecule has 46 heavy (non-hydrogen) atoms. The summed E-state index contributed by atoms with van der Waals surface area (Å²) < 4.78 is 68.0. The molecular formula is C32H37N3O8S3. The molecule has 1 saturated heterocycles. The molecule has 0 atom stereocenters. The van der Waals surface area contributed by atoms with Crippen molar-refractivity contribution in [1.82, 2.24) is 13.5 Å². The number of hydrogen-bond acceptors (Lipinski definition) is 10. The van der Waals surface area contributed by atoms with Gasteiger partial charge in [-0.25, -0.2) is 0 Å². The Morgan fingerprint density at radius 2 is 1.33 bits per heavy atom. The zero-order chi connectivity index (χ0) is 33.1. The summed E-state index contributed by atoms with van der Waals surface area (Å²) in [6, 6.07) is 18.2. The Morgan fingerprint density at radius 1 is 0.761 bits per heavy atom. The number of benzene rings is 3. The summed E-state index contributed by atoms with van der Waals surface area (Å²) in [5.41, 5.74) is 1.53. The van der Waals surface area contributed by atoms with Crippen LogP contribution in [-0.4, -0.2) is 90.6 Å². The highest BCUT2D eigenvalue weighted by molar-refractivity contribution is 7.84. The van der Waals surface area contributed by atoms with Gasteiger partial charge in [0.2, 0.25) is 0 Å². The van der Waals surface area contributed by atoms with Gasteiger partial charge in [0.15, 0.2) is 5.78 Å². The number of rotatable bonds is 13. The summed E-state index contributed by atoms with van der Waals surface area (Å²) in [6.07, 6.45) is 3.72. The smallest absolute Gasteiger partial charge is 0.384 e. The lowest BCUT2D eigenvalue weighted by Crippen LogP contribution is -2.33. The number of fused-ring (bicyclic) bond motifs is 1. The second-order valence-corrected chi connectivity index (χ2v) is 15.8. The Labute approximate surface area is 274 Å². The van der Waals surface area contributed by atoms with Crippen molar-refractivity contribution in [2.45, 2.75) is 19.3 Å². The standard InChI is InChI=1S/C32H37N3O8S3/c1-33(2)45(37,38)42-26-14-10-24(11-15-26)32-30(28-17-16-27(22-29(28)44-32)43-46(39,40)34(3)4)31(36)23-8-12-25(13-9-23)41-21-20-35-18-6-5-7-19-35/h8-17,22H,5-7,18-21H2,1-4H3. The van der Waals surface area contributed by atoms with Crippen molar-refractivity contribution in [3.8, 4) is 27.7 Å². The van der Waals surface area contributed by atoms with Crippen LogP contribution in [-0.2, 0) is 20.6 Å². The molecule has 2 heterocycles. The van der Waals surface area contributed by atoms with Crippen LogP contribution in [0.3, 0.4) is 0 Å². The van der Waals surface area contributed by atoms with E-state index in [2.05, 4.69) is 4.90 Å². The predicted octanol–water partition coefficient (Wildman–Crippen LogP) is 5.03. The molecule has 0 unspecified atom stereocenters. The third-order valence-corrected chi connectivity index (χ3v) is 11.3. The van der Waals surface area contributed by atoms with Crippen LogP contribution < -0.4 is 13.1 Å². The number of ketones is 1. The van der Waals surface area contributed by atoms with Gasteiger partial charge in [0.1, 0.15) is 23.9 Å². The van der Waals surface area contributed by atoms with Crippen molar-refractivity contribution >= 4 is 47.8 Å². The van der Waals surface area contributed by atoms with Gasteiger partial charge < -0.3 is 13.1 Å². The Morgan fingerprint density at radius 3 is 1.93 bits per heavy atom. The number of carbonyl (C=O) groups is 1. The average molecular weight is 688 g/mol. The molecule has 14 heteroatoms. The molecule has 0 amide bonds. The normalized spacial score (nSPS) is 14.6. The summed E-state index contributed by atoms with van der Waals surface area (Å²) in [5.74, 6) is 0.672. The fourth-order valence-electron chi connectivity index (χ4n) is 4.93. The molecule has 3 aromatic carbocycles. The van der Waals surface area contributed by atoms with Crippen LogP contribution in [0.4, 0.5) is 0 Å². The number of hydrogen-bond donors (Lipinski definition) is 0. The van der Waals surface area contributed by atoms with Gasteiger partial charge in [-0.1, -0.05) is 6.42 Å². The maximum atomic E-state index is 14.1. The van der Waals surface area contributed by atoms with Gasteiger partial charge in [-0.3, -0.25) is 9.69 Å². The SMILES string of the molecule is CN(C)S(=O)(=O)Oc1ccc(-c2sc3cc(OS(=O)(=O)N(C)C)ccc3c2C(=O)c2ccc(OCCN3CCCCC3)cc2)cc1. The molecule has 1 aliphatic rings. The first-order valence-electron chi connectivity index (χ1n) is 14.7. The van der Waals surface area contributed by atoms with Gasteiger partial charge in [0.25, 0.3) is 0 Å². The minimum Gasteiger partial charge on any atom is -0.492 e. The summed E-state index contributed by atoms with van der Waals surface area (Å²) in [6.45, 7) is 3.61. The zero-order valence-electron chi connectivity index (χ0n) is 26.1. The summed E-state index contributed by atoms with van der Waals surface area (Å²) in [4.78, 5) is 17.1. The van der Waals surface area contributed by atoms with Gasteiger partial charge in [0.05, 0.1) is 0 Å². The molecule has 0 bridgehead atoms. The Hall–Kier alpha value is -3.53. The highest BCUT2D eigenvalue weighted by Gasteiger charge is 2.24. The van der Waals surface area contributed by atoms with E-state index in [1.165, 1.54) is 77.0 Å². The first-order valence-corrected chi connectivity index (χ1v) is 18.3.